The van der Waals surface area contributed by atoms with Crippen LogP contribution in [0, 0.1) is 0 Å². The van der Waals surface area contributed by atoms with Gasteiger partial charge >= 0.3 is 0 Å². The molecule has 1 aliphatic rings. The second-order valence-corrected chi connectivity index (χ2v) is 4.48. The highest BCUT2D eigenvalue weighted by Gasteiger charge is 2.16. The molecule has 3 N–H and O–H groups in total. The van der Waals surface area contributed by atoms with Gasteiger partial charge in [0, 0.05) is 11.3 Å². The van der Waals surface area contributed by atoms with Crippen molar-refractivity contribution in [2.24, 2.45) is 4.99 Å². The number of rotatable bonds is 2. The zero-order valence-corrected chi connectivity index (χ0v) is 10.0. The molecule has 1 unspecified atom stereocenters. The first-order valence-corrected chi connectivity index (χ1v) is 6.05. The molecule has 0 bridgehead atoms. The van der Waals surface area contributed by atoms with Gasteiger partial charge in [0.15, 0.2) is 0 Å². The van der Waals surface area contributed by atoms with E-state index in [-0.39, 0.29) is 6.04 Å². The van der Waals surface area contributed by atoms with E-state index in [1.165, 1.54) is 11.1 Å². The fourth-order valence-corrected chi connectivity index (χ4v) is 2.24. The molecule has 2 aromatic rings. The van der Waals surface area contributed by atoms with E-state index < -0.39 is 0 Å². The van der Waals surface area contributed by atoms with Crippen LogP contribution in [0.15, 0.2) is 53.5 Å². The molecule has 0 spiro atoms. The van der Waals surface area contributed by atoms with Crippen molar-refractivity contribution in [3.63, 3.8) is 0 Å². The van der Waals surface area contributed by atoms with Crippen LogP contribution in [0.3, 0.4) is 0 Å². The molecular weight excluding hydrogens is 222 g/mol. The second-order valence-electron chi connectivity index (χ2n) is 4.48. The van der Waals surface area contributed by atoms with Crippen LogP contribution in [0.1, 0.15) is 17.2 Å². The Balaban J connectivity index is 1.86. The van der Waals surface area contributed by atoms with Crippen molar-refractivity contribution in [2.45, 2.75) is 12.5 Å². The molecule has 3 nitrogen and oxygen atoms in total. The minimum absolute atomic E-state index is 0.280. The summed E-state index contributed by atoms with van der Waals surface area (Å²) in [6.07, 6.45) is 2.72. The lowest BCUT2D eigenvalue weighted by molar-refractivity contribution is 0.644. The van der Waals surface area contributed by atoms with Crippen LogP contribution in [0.2, 0.25) is 0 Å². The van der Waals surface area contributed by atoms with E-state index in [4.69, 9.17) is 5.73 Å². The Morgan fingerprint density at radius 1 is 1.06 bits per heavy atom. The highest BCUT2D eigenvalue weighted by Crippen LogP contribution is 2.29. The average Bonchev–Trinajstić information content (AvgIpc) is 2.42. The summed E-state index contributed by atoms with van der Waals surface area (Å²) in [6, 6.07) is 16.6. The van der Waals surface area contributed by atoms with E-state index in [2.05, 4.69) is 34.6 Å². The smallest absolute Gasteiger partial charge is 0.0891 e. The molecular formula is C15H15N3. The van der Waals surface area contributed by atoms with Crippen LogP contribution in [0.25, 0.3) is 0 Å². The molecule has 0 aliphatic carbocycles. The number of hydrogen-bond donors (Lipinski definition) is 2. The maximum atomic E-state index is 5.70. The van der Waals surface area contributed by atoms with Crippen LogP contribution >= 0.6 is 0 Å². The standard InChI is InChI=1S/C15H15N3/c16-12-7-5-11(6-8-12)9-15-13-3-1-2-4-14(13)17-10-18-15/h1-8,10,15H,9,16H2,(H,17,18). The van der Waals surface area contributed by atoms with Crippen molar-refractivity contribution < 1.29 is 0 Å². The number of anilines is 1. The Labute approximate surface area is 106 Å². The molecule has 18 heavy (non-hydrogen) atoms. The summed E-state index contributed by atoms with van der Waals surface area (Å²) in [7, 11) is 0. The first-order valence-electron chi connectivity index (χ1n) is 6.05. The zero-order chi connectivity index (χ0) is 12.4. The summed E-state index contributed by atoms with van der Waals surface area (Å²) in [4.78, 5) is 4.34. The first kappa shape index (κ1) is 10.8. The quantitative estimate of drug-likeness (QED) is 0.789. The molecule has 3 heteroatoms. The van der Waals surface area contributed by atoms with Crippen molar-refractivity contribution in [3.8, 4) is 0 Å². The number of hydrogen-bond acceptors (Lipinski definition) is 3. The van der Waals surface area contributed by atoms with E-state index in [0.717, 1.165) is 17.8 Å². The van der Waals surface area contributed by atoms with E-state index in [9.17, 15) is 0 Å². The fraction of sp³-hybridized carbons (Fsp3) is 0.133. The monoisotopic (exact) mass is 237 g/mol. The number of nitrogens with zero attached hydrogens (tertiary/aromatic N) is 1. The van der Waals surface area contributed by atoms with Crippen molar-refractivity contribution in [1.29, 1.82) is 0 Å². The molecule has 2 aromatic carbocycles. The molecule has 0 radical (unpaired) electrons. The molecule has 1 heterocycles. The van der Waals surface area contributed by atoms with Gasteiger partial charge in [-0.1, -0.05) is 30.3 Å². The molecule has 0 saturated heterocycles. The topological polar surface area (TPSA) is 50.4 Å². The number of nitrogen functional groups attached to an aromatic ring is 1. The highest BCUT2D eigenvalue weighted by atomic mass is 15.0. The molecule has 1 atom stereocenters. The molecule has 0 saturated carbocycles. The largest absolute Gasteiger partial charge is 0.399 e. The Kier molecular flexibility index (Phi) is 2.73. The molecule has 0 fully saturated rings. The Morgan fingerprint density at radius 2 is 1.83 bits per heavy atom. The number of aliphatic imine (C=N–C) groups is 1. The average molecular weight is 237 g/mol. The highest BCUT2D eigenvalue weighted by molar-refractivity contribution is 5.68. The number of fused-ring (bicyclic) bond motifs is 1. The third kappa shape index (κ3) is 2.07. The van der Waals surface area contributed by atoms with Gasteiger partial charge in [-0.3, -0.25) is 0 Å². The summed E-state index contributed by atoms with van der Waals surface area (Å²) in [5.41, 5.74) is 10.1. The number of para-hydroxylation sites is 1. The van der Waals surface area contributed by atoms with Crippen molar-refractivity contribution in [2.75, 3.05) is 5.73 Å². The van der Waals surface area contributed by atoms with Gasteiger partial charge in [0.1, 0.15) is 0 Å². The molecule has 0 aromatic heterocycles. The summed E-state index contributed by atoms with van der Waals surface area (Å²) in [6.45, 7) is 0. The minimum atomic E-state index is 0.280. The van der Waals surface area contributed by atoms with Gasteiger partial charge in [-0.15, -0.1) is 0 Å². The van der Waals surface area contributed by atoms with Crippen LogP contribution in [-0.4, -0.2) is 6.34 Å². The Bertz CT molecular complexity index is 573. The Morgan fingerprint density at radius 3 is 2.67 bits per heavy atom. The van der Waals surface area contributed by atoms with E-state index in [0.29, 0.717) is 0 Å². The predicted octanol–water partition coefficient (Wildman–Crippen LogP) is 2.82. The van der Waals surface area contributed by atoms with Gasteiger partial charge in [0.05, 0.1) is 18.1 Å². The van der Waals surface area contributed by atoms with Crippen molar-refractivity contribution >= 4 is 17.7 Å². The van der Waals surface area contributed by atoms with Gasteiger partial charge in [-0.2, -0.15) is 0 Å². The van der Waals surface area contributed by atoms with Crippen molar-refractivity contribution in [3.05, 3.63) is 59.7 Å². The molecule has 3 rings (SSSR count). The summed E-state index contributed by atoms with van der Waals surface area (Å²) >= 11 is 0. The first-order chi connectivity index (χ1) is 8.83. The summed E-state index contributed by atoms with van der Waals surface area (Å²) < 4.78 is 0. The lowest BCUT2D eigenvalue weighted by Crippen LogP contribution is -2.24. The van der Waals surface area contributed by atoms with E-state index in [1.807, 2.05) is 24.3 Å². The van der Waals surface area contributed by atoms with Crippen LogP contribution < -0.4 is 11.1 Å². The molecule has 1 aliphatic heterocycles. The zero-order valence-electron chi connectivity index (χ0n) is 10.0. The normalized spacial score (nSPS) is 17.0. The van der Waals surface area contributed by atoms with Crippen LogP contribution in [0.4, 0.5) is 11.4 Å². The van der Waals surface area contributed by atoms with Gasteiger partial charge in [0.2, 0.25) is 0 Å². The number of benzene rings is 2. The summed E-state index contributed by atoms with van der Waals surface area (Å²) in [5.74, 6) is 0. The molecule has 0 amide bonds. The minimum Gasteiger partial charge on any atom is -0.399 e. The third-order valence-corrected chi connectivity index (χ3v) is 3.21. The van der Waals surface area contributed by atoms with E-state index in [1.54, 1.807) is 6.34 Å². The fourth-order valence-electron chi connectivity index (χ4n) is 2.24. The van der Waals surface area contributed by atoms with Crippen LogP contribution in [0.5, 0.6) is 0 Å². The lowest BCUT2D eigenvalue weighted by atomic mass is 9.97. The maximum Gasteiger partial charge on any atom is 0.0891 e. The lowest BCUT2D eigenvalue weighted by Gasteiger charge is -2.22. The predicted molar refractivity (Wildman–Crippen MR) is 75.0 cm³/mol. The SMILES string of the molecule is Nc1ccc(CC2NC=Nc3ccccc32)cc1. The second kappa shape index (κ2) is 4.53. The van der Waals surface area contributed by atoms with Crippen molar-refractivity contribution in [1.82, 2.24) is 5.32 Å². The number of nitrogens with one attached hydrogen (secondary N) is 1. The van der Waals surface area contributed by atoms with Gasteiger partial charge in [-0.25, -0.2) is 4.99 Å². The summed E-state index contributed by atoms with van der Waals surface area (Å²) in [5, 5.41) is 3.32. The maximum absolute atomic E-state index is 5.70. The Hall–Kier alpha value is -2.29. The van der Waals surface area contributed by atoms with Crippen LogP contribution in [-0.2, 0) is 6.42 Å². The molecule has 90 valence electrons. The number of nitrogens with two attached hydrogens (primary N) is 1. The van der Waals surface area contributed by atoms with E-state index >= 15 is 0 Å². The third-order valence-electron chi connectivity index (χ3n) is 3.21. The van der Waals surface area contributed by atoms with Gasteiger partial charge < -0.3 is 11.1 Å². The van der Waals surface area contributed by atoms with Gasteiger partial charge in [-0.05, 0) is 30.2 Å². The van der Waals surface area contributed by atoms with Gasteiger partial charge in [0.25, 0.3) is 0 Å².